The number of fused-ring (bicyclic) bond motifs is 2. The summed E-state index contributed by atoms with van der Waals surface area (Å²) in [7, 11) is 1.38. The molecule has 0 atom stereocenters. The van der Waals surface area contributed by atoms with Gasteiger partial charge in [-0.15, -0.1) is 0 Å². The number of esters is 1. The predicted molar refractivity (Wildman–Crippen MR) is 110 cm³/mol. The minimum Gasteiger partial charge on any atom is -0.465 e. The molecule has 2 aromatic heterocycles. The first kappa shape index (κ1) is 18.4. The molecule has 0 saturated carbocycles. The Labute approximate surface area is 164 Å². The van der Waals surface area contributed by atoms with E-state index in [-0.39, 0.29) is 5.97 Å². The number of benzene rings is 2. The summed E-state index contributed by atoms with van der Waals surface area (Å²) in [6.07, 6.45) is 5.11. The molecular formula is C24H24O4. The Morgan fingerprint density at radius 1 is 0.929 bits per heavy atom. The maximum Gasteiger partial charge on any atom is 0.337 e. The van der Waals surface area contributed by atoms with Gasteiger partial charge in [0.2, 0.25) is 0 Å². The first-order valence-electron chi connectivity index (χ1n) is 9.73. The maximum absolute atomic E-state index is 11.6. The number of hydrogen-bond acceptors (Lipinski definition) is 4. The minimum atomic E-state index is -0.347. The van der Waals surface area contributed by atoms with E-state index in [1.54, 1.807) is 12.1 Å². The van der Waals surface area contributed by atoms with Crippen LogP contribution in [0.2, 0.25) is 0 Å². The Morgan fingerprint density at radius 3 is 2.57 bits per heavy atom. The van der Waals surface area contributed by atoms with Crippen molar-refractivity contribution in [2.24, 2.45) is 0 Å². The van der Waals surface area contributed by atoms with Crippen molar-refractivity contribution < 1.29 is 18.4 Å². The summed E-state index contributed by atoms with van der Waals surface area (Å²) in [5.74, 6) is 1.71. The van der Waals surface area contributed by atoms with Crippen LogP contribution in [-0.2, 0) is 17.6 Å². The SMILES string of the molecule is COC(=O)c1ccc2cc(CCCCCc3oc4ccccc4c3C)oc2c1. The molecule has 4 nitrogen and oxygen atoms in total. The van der Waals surface area contributed by atoms with Gasteiger partial charge in [-0.05, 0) is 49.6 Å². The second-order valence-corrected chi connectivity index (χ2v) is 7.16. The molecule has 0 N–H and O–H groups in total. The predicted octanol–water partition coefficient (Wildman–Crippen LogP) is 6.23. The van der Waals surface area contributed by atoms with Crippen molar-refractivity contribution in [3.05, 3.63) is 71.2 Å². The van der Waals surface area contributed by atoms with Crippen molar-refractivity contribution in [2.75, 3.05) is 7.11 Å². The lowest BCUT2D eigenvalue weighted by molar-refractivity contribution is 0.0600. The Hall–Kier alpha value is -3.01. The van der Waals surface area contributed by atoms with E-state index in [2.05, 4.69) is 25.1 Å². The van der Waals surface area contributed by atoms with E-state index in [0.29, 0.717) is 5.56 Å². The second kappa shape index (κ2) is 7.93. The number of unbranched alkanes of at least 4 members (excludes halogenated alkanes) is 2. The largest absolute Gasteiger partial charge is 0.465 e. The molecule has 0 spiro atoms. The molecule has 0 saturated heterocycles. The number of hydrogen-bond donors (Lipinski definition) is 0. The fourth-order valence-corrected chi connectivity index (χ4v) is 3.68. The average Bonchev–Trinajstić information content (AvgIpc) is 3.27. The van der Waals surface area contributed by atoms with Gasteiger partial charge in [-0.2, -0.15) is 0 Å². The lowest BCUT2D eigenvalue weighted by atomic mass is 10.1. The first-order valence-corrected chi connectivity index (χ1v) is 9.73. The van der Waals surface area contributed by atoms with E-state index in [4.69, 9.17) is 13.6 Å². The van der Waals surface area contributed by atoms with Gasteiger partial charge in [-0.25, -0.2) is 4.79 Å². The zero-order valence-electron chi connectivity index (χ0n) is 16.3. The van der Waals surface area contributed by atoms with Crippen LogP contribution in [0.15, 0.2) is 57.4 Å². The Bertz CT molecular complexity index is 1120. The first-order chi connectivity index (χ1) is 13.7. The Morgan fingerprint density at radius 2 is 1.75 bits per heavy atom. The fraction of sp³-hybridized carbons (Fsp3) is 0.292. The minimum absolute atomic E-state index is 0.347. The highest BCUT2D eigenvalue weighted by Crippen LogP contribution is 2.27. The number of furan rings is 2. The Kier molecular flexibility index (Phi) is 5.20. The number of aryl methyl sites for hydroxylation is 3. The quantitative estimate of drug-likeness (QED) is 0.283. The van der Waals surface area contributed by atoms with Crippen LogP contribution >= 0.6 is 0 Å². The average molecular weight is 376 g/mol. The van der Waals surface area contributed by atoms with Gasteiger partial charge in [0.05, 0.1) is 12.7 Å². The van der Waals surface area contributed by atoms with E-state index in [0.717, 1.165) is 60.2 Å². The van der Waals surface area contributed by atoms with Gasteiger partial charge in [0.25, 0.3) is 0 Å². The van der Waals surface area contributed by atoms with Crippen LogP contribution < -0.4 is 0 Å². The van der Waals surface area contributed by atoms with Crippen molar-refractivity contribution in [2.45, 2.75) is 39.0 Å². The lowest BCUT2D eigenvalue weighted by Gasteiger charge is -2.00. The number of methoxy groups -OCH3 is 1. The highest BCUT2D eigenvalue weighted by molar-refractivity contribution is 5.93. The van der Waals surface area contributed by atoms with Gasteiger partial charge in [-0.3, -0.25) is 0 Å². The summed E-state index contributed by atoms with van der Waals surface area (Å²) in [5.41, 5.74) is 3.48. The molecule has 0 unspecified atom stereocenters. The van der Waals surface area contributed by atoms with Crippen molar-refractivity contribution in [1.82, 2.24) is 0 Å². The second-order valence-electron chi connectivity index (χ2n) is 7.16. The summed E-state index contributed by atoms with van der Waals surface area (Å²) in [5, 5.41) is 2.23. The molecule has 2 aromatic carbocycles. The molecule has 0 radical (unpaired) electrons. The summed E-state index contributed by atoms with van der Waals surface area (Å²) in [6.45, 7) is 2.14. The molecule has 28 heavy (non-hydrogen) atoms. The highest BCUT2D eigenvalue weighted by Gasteiger charge is 2.11. The van der Waals surface area contributed by atoms with Gasteiger partial charge in [0, 0.05) is 23.6 Å². The van der Waals surface area contributed by atoms with Crippen LogP contribution in [-0.4, -0.2) is 13.1 Å². The molecular weight excluding hydrogens is 352 g/mol. The molecule has 0 fully saturated rings. The lowest BCUT2D eigenvalue weighted by Crippen LogP contribution is -1.99. The Balaban J connectivity index is 1.31. The third kappa shape index (κ3) is 3.68. The van der Waals surface area contributed by atoms with Crippen LogP contribution in [0.25, 0.3) is 21.9 Å². The van der Waals surface area contributed by atoms with Crippen LogP contribution in [0.4, 0.5) is 0 Å². The van der Waals surface area contributed by atoms with Crippen LogP contribution in [0, 0.1) is 6.92 Å². The van der Waals surface area contributed by atoms with Gasteiger partial charge in [-0.1, -0.05) is 30.7 Å². The molecule has 2 heterocycles. The van der Waals surface area contributed by atoms with E-state index in [1.807, 2.05) is 18.2 Å². The van der Waals surface area contributed by atoms with Gasteiger partial charge in [0.1, 0.15) is 22.7 Å². The number of ether oxygens (including phenoxy) is 1. The molecule has 4 rings (SSSR count). The molecule has 0 bridgehead atoms. The number of carbonyl (C=O) groups excluding carboxylic acids is 1. The van der Waals surface area contributed by atoms with E-state index < -0.39 is 0 Å². The third-order valence-corrected chi connectivity index (χ3v) is 5.26. The third-order valence-electron chi connectivity index (χ3n) is 5.26. The van der Waals surface area contributed by atoms with Gasteiger partial charge < -0.3 is 13.6 Å². The van der Waals surface area contributed by atoms with E-state index >= 15 is 0 Å². The molecule has 144 valence electrons. The topological polar surface area (TPSA) is 52.6 Å². The van der Waals surface area contributed by atoms with Crippen LogP contribution in [0.1, 0.15) is 46.7 Å². The monoisotopic (exact) mass is 376 g/mol. The normalized spacial score (nSPS) is 11.4. The highest BCUT2D eigenvalue weighted by atomic mass is 16.5. The van der Waals surface area contributed by atoms with Crippen molar-refractivity contribution in [3.8, 4) is 0 Å². The van der Waals surface area contributed by atoms with Crippen molar-refractivity contribution in [1.29, 1.82) is 0 Å². The number of carbonyl (C=O) groups is 1. The van der Waals surface area contributed by atoms with Crippen molar-refractivity contribution >= 4 is 27.9 Å². The van der Waals surface area contributed by atoms with E-state index in [9.17, 15) is 4.79 Å². The summed E-state index contributed by atoms with van der Waals surface area (Å²) >= 11 is 0. The zero-order chi connectivity index (χ0) is 19.5. The fourth-order valence-electron chi connectivity index (χ4n) is 3.68. The smallest absolute Gasteiger partial charge is 0.337 e. The molecule has 0 aliphatic carbocycles. The van der Waals surface area contributed by atoms with Gasteiger partial charge in [0.15, 0.2) is 0 Å². The standard InChI is InChI=1S/C24H24O4/c1-16-20-9-6-7-11-22(20)28-21(16)10-5-3-4-8-19-14-17-12-13-18(24(25)26-2)15-23(17)27-19/h6-7,9,11-15H,3-5,8,10H2,1-2H3. The van der Waals surface area contributed by atoms with E-state index in [1.165, 1.54) is 18.1 Å². The van der Waals surface area contributed by atoms with Crippen molar-refractivity contribution in [3.63, 3.8) is 0 Å². The summed E-state index contributed by atoms with van der Waals surface area (Å²) < 4.78 is 16.6. The van der Waals surface area contributed by atoms with Gasteiger partial charge >= 0.3 is 5.97 Å². The number of para-hydroxylation sites is 1. The van der Waals surface area contributed by atoms with Crippen LogP contribution in [0.3, 0.4) is 0 Å². The molecule has 0 aliphatic rings. The molecule has 4 heteroatoms. The number of rotatable bonds is 7. The zero-order valence-corrected chi connectivity index (χ0v) is 16.3. The molecule has 0 amide bonds. The summed E-state index contributed by atoms with van der Waals surface area (Å²) in [6, 6.07) is 15.7. The molecule has 4 aromatic rings. The summed E-state index contributed by atoms with van der Waals surface area (Å²) in [4.78, 5) is 11.6. The molecule has 0 aliphatic heterocycles. The van der Waals surface area contributed by atoms with Crippen LogP contribution in [0.5, 0.6) is 0 Å². The maximum atomic E-state index is 11.6.